The minimum absolute atomic E-state index is 0.0858. The van der Waals surface area contributed by atoms with E-state index in [2.05, 4.69) is 21.5 Å². The molecule has 0 saturated carbocycles. The fraction of sp³-hybridized carbons (Fsp3) is 0.273. The number of rotatable bonds is 7. The van der Waals surface area contributed by atoms with E-state index in [0.29, 0.717) is 28.4 Å². The second-order valence-electron chi connectivity index (χ2n) is 7.38. The first kappa shape index (κ1) is 25.1. The topological polar surface area (TPSA) is 109 Å². The molecular formula is C22H25ClN4O4S. The van der Waals surface area contributed by atoms with Gasteiger partial charge in [-0.05, 0) is 73.1 Å². The van der Waals surface area contributed by atoms with Crippen LogP contribution in [-0.4, -0.2) is 29.4 Å². The van der Waals surface area contributed by atoms with Crippen molar-refractivity contribution in [3.63, 3.8) is 0 Å². The van der Waals surface area contributed by atoms with Gasteiger partial charge >= 0.3 is 0 Å². The quantitative estimate of drug-likeness (QED) is 0.360. The van der Waals surface area contributed by atoms with Crippen molar-refractivity contribution in [2.45, 2.75) is 27.2 Å². The van der Waals surface area contributed by atoms with E-state index in [-0.39, 0.29) is 23.5 Å². The van der Waals surface area contributed by atoms with Gasteiger partial charge in [0, 0.05) is 22.7 Å². The van der Waals surface area contributed by atoms with Gasteiger partial charge < -0.3 is 10.1 Å². The van der Waals surface area contributed by atoms with Crippen LogP contribution in [0.1, 0.15) is 36.2 Å². The summed E-state index contributed by atoms with van der Waals surface area (Å²) in [4.78, 5) is 36.0. The number of ether oxygens (including phenoxy) is 1. The monoisotopic (exact) mass is 476 g/mol. The number of carbonyl (C=O) groups is 3. The predicted octanol–water partition coefficient (Wildman–Crippen LogP) is 3.35. The van der Waals surface area contributed by atoms with Crippen molar-refractivity contribution in [1.82, 2.24) is 16.2 Å². The molecule has 0 atom stereocenters. The molecule has 0 aliphatic carbocycles. The van der Waals surface area contributed by atoms with Gasteiger partial charge in [-0.25, -0.2) is 0 Å². The largest absolute Gasteiger partial charge is 0.483 e. The summed E-state index contributed by atoms with van der Waals surface area (Å²) in [6.07, 6.45) is 0.416. The first-order chi connectivity index (χ1) is 15.1. The van der Waals surface area contributed by atoms with Crippen LogP contribution >= 0.6 is 23.8 Å². The molecule has 4 N–H and O–H groups in total. The maximum atomic E-state index is 12.2. The van der Waals surface area contributed by atoms with Gasteiger partial charge in [-0.1, -0.05) is 25.4 Å². The smallest absolute Gasteiger partial charge is 0.269 e. The maximum Gasteiger partial charge on any atom is 0.269 e. The molecule has 10 heteroatoms. The summed E-state index contributed by atoms with van der Waals surface area (Å²) in [5, 5.41) is 5.66. The van der Waals surface area contributed by atoms with E-state index >= 15 is 0 Å². The third-order valence-electron chi connectivity index (χ3n) is 4.06. The molecule has 0 bridgehead atoms. The van der Waals surface area contributed by atoms with Gasteiger partial charge in [-0.2, -0.15) is 0 Å². The summed E-state index contributed by atoms with van der Waals surface area (Å²) in [7, 11) is 0. The fourth-order valence-corrected chi connectivity index (χ4v) is 2.98. The van der Waals surface area contributed by atoms with E-state index in [4.69, 9.17) is 28.6 Å². The lowest BCUT2D eigenvalue weighted by atomic mass is 10.1. The number of carbonyl (C=O) groups excluding carboxylic acids is 3. The van der Waals surface area contributed by atoms with Crippen molar-refractivity contribution in [2.24, 2.45) is 5.92 Å². The van der Waals surface area contributed by atoms with Crippen LogP contribution in [0.15, 0.2) is 42.5 Å². The SMILES string of the molecule is Cc1cc(Cl)ccc1OCC(=O)NC(=S)NNC(=O)c1ccc(NC(=O)CC(C)C)cc1. The fourth-order valence-electron chi connectivity index (χ4n) is 2.59. The van der Waals surface area contributed by atoms with Gasteiger partial charge in [0.25, 0.3) is 11.8 Å². The number of hydrazine groups is 1. The van der Waals surface area contributed by atoms with Crippen molar-refractivity contribution in [2.75, 3.05) is 11.9 Å². The van der Waals surface area contributed by atoms with E-state index in [9.17, 15) is 14.4 Å². The predicted molar refractivity (Wildman–Crippen MR) is 128 cm³/mol. The Morgan fingerprint density at radius 3 is 2.34 bits per heavy atom. The average Bonchev–Trinajstić information content (AvgIpc) is 2.71. The van der Waals surface area contributed by atoms with Crippen LogP contribution in [0.3, 0.4) is 0 Å². The summed E-state index contributed by atoms with van der Waals surface area (Å²) in [6.45, 7) is 5.47. The van der Waals surface area contributed by atoms with Crippen LogP contribution in [-0.2, 0) is 9.59 Å². The molecule has 0 radical (unpaired) electrons. The Morgan fingerprint density at radius 1 is 1.03 bits per heavy atom. The van der Waals surface area contributed by atoms with Crippen molar-refractivity contribution in [1.29, 1.82) is 0 Å². The molecule has 0 saturated heterocycles. The molecule has 0 aliphatic rings. The van der Waals surface area contributed by atoms with Crippen LogP contribution in [0.2, 0.25) is 5.02 Å². The Balaban J connectivity index is 1.75. The van der Waals surface area contributed by atoms with Crippen molar-refractivity contribution >= 4 is 52.3 Å². The second-order valence-corrected chi connectivity index (χ2v) is 8.22. The number of halogens is 1. The van der Waals surface area contributed by atoms with E-state index < -0.39 is 11.8 Å². The highest BCUT2D eigenvalue weighted by Gasteiger charge is 2.10. The molecule has 32 heavy (non-hydrogen) atoms. The summed E-state index contributed by atoms with van der Waals surface area (Å²) in [5.74, 6) is -0.262. The van der Waals surface area contributed by atoms with Crippen LogP contribution in [0.4, 0.5) is 5.69 Å². The first-order valence-corrected chi connectivity index (χ1v) is 10.6. The van der Waals surface area contributed by atoms with Crippen LogP contribution in [0.25, 0.3) is 0 Å². The number of anilines is 1. The summed E-state index contributed by atoms with van der Waals surface area (Å²) in [6, 6.07) is 11.4. The third kappa shape index (κ3) is 8.52. The molecule has 2 aromatic carbocycles. The van der Waals surface area contributed by atoms with Crippen molar-refractivity contribution in [3.8, 4) is 5.75 Å². The third-order valence-corrected chi connectivity index (χ3v) is 4.50. The number of thiocarbonyl (C=S) groups is 1. The lowest BCUT2D eigenvalue weighted by Gasteiger charge is -2.12. The van der Waals surface area contributed by atoms with Crippen molar-refractivity contribution < 1.29 is 19.1 Å². The highest BCUT2D eigenvalue weighted by Crippen LogP contribution is 2.21. The average molecular weight is 477 g/mol. The Morgan fingerprint density at radius 2 is 1.72 bits per heavy atom. The van der Waals surface area contributed by atoms with Gasteiger partial charge in [-0.15, -0.1) is 0 Å². The van der Waals surface area contributed by atoms with E-state index in [1.54, 1.807) is 42.5 Å². The lowest BCUT2D eigenvalue weighted by Crippen LogP contribution is -2.49. The van der Waals surface area contributed by atoms with Gasteiger partial charge in [0.15, 0.2) is 11.7 Å². The number of aryl methyl sites for hydroxylation is 1. The van der Waals surface area contributed by atoms with E-state index in [0.717, 1.165) is 5.56 Å². The minimum atomic E-state index is -0.493. The molecule has 0 spiro atoms. The first-order valence-electron chi connectivity index (χ1n) is 9.83. The molecule has 0 heterocycles. The molecule has 0 unspecified atom stereocenters. The van der Waals surface area contributed by atoms with Gasteiger partial charge in [0.1, 0.15) is 5.75 Å². The molecule has 2 aromatic rings. The zero-order chi connectivity index (χ0) is 23.7. The number of benzene rings is 2. The Bertz CT molecular complexity index is 996. The molecule has 0 aromatic heterocycles. The molecule has 0 fully saturated rings. The number of nitrogens with one attached hydrogen (secondary N) is 4. The van der Waals surface area contributed by atoms with Gasteiger partial charge in [0.05, 0.1) is 0 Å². The standard InChI is InChI=1S/C22H25ClN4O4S/c1-13(2)10-19(28)24-17-7-4-15(5-8-17)21(30)26-27-22(32)25-20(29)12-31-18-9-6-16(23)11-14(18)3/h4-9,11,13H,10,12H2,1-3H3,(H,24,28)(H,26,30)(H2,25,27,29,32). The van der Waals surface area contributed by atoms with Gasteiger partial charge in [0.2, 0.25) is 5.91 Å². The maximum absolute atomic E-state index is 12.2. The molecular weight excluding hydrogens is 452 g/mol. The number of hydrogen-bond acceptors (Lipinski definition) is 5. The second kappa shape index (κ2) is 12.0. The minimum Gasteiger partial charge on any atom is -0.483 e. The normalized spacial score (nSPS) is 10.3. The van der Waals surface area contributed by atoms with Crippen molar-refractivity contribution in [3.05, 3.63) is 58.6 Å². The Labute approximate surface area is 197 Å². The van der Waals surface area contributed by atoms with Crippen LogP contribution in [0.5, 0.6) is 5.75 Å². The molecule has 3 amide bonds. The van der Waals surface area contributed by atoms with Gasteiger partial charge in [-0.3, -0.25) is 30.6 Å². The van der Waals surface area contributed by atoms with Crippen LogP contribution in [0, 0.1) is 12.8 Å². The summed E-state index contributed by atoms with van der Waals surface area (Å²) in [5.41, 5.74) is 6.58. The summed E-state index contributed by atoms with van der Waals surface area (Å²) >= 11 is 10.9. The Kier molecular flexibility index (Phi) is 9.42. The number of hydrogen-bond donors (Lipinski definition) is 4. The molecule has 0 aliphatic heterocycles. The summed E-state index contributed by atoms with van der Waals surface area (Å²) < 4.78 is 5.43. The Hall–Kier alpha value is -3.17. The van der Waals surface area contributed by atoms with Crippen LogP contribution < -0.4 is 26.2 Å². The lowest BCUT2D eigenvalue weighted by molar-refractivity contribution is -0.121. The zero-order valence-corrected chi connectivity index (χ0v) is 19.5. The highest BCUT2D eigenvalue weighted by atomic mass is 35.5. The highest BCUT2D eigenvalue weighted by molar-refractivity contribution is 7.80. The molecule has 8 nitrogen and oxygen atoms in total. The molecule has 2 rings (SSSR count). The molecule has 170 valence electrons. The number of amides is 3. The van der Waals surface area contributed by atoms with E-state index in [1.165, 1.54) is 0 Å². The zero-order valence-electron chi connectivity index (χ0n) is 18.0. The van der Waals surface area contributed by atoms with E-state index in [1.807, 2.05) is 20.8 Å².